The molecule has 360 valence electrons. The molecule has 8 nitrogen and oxygen atoms in total. The first-order valence-electron chi connectivity index (χ1n) is 25.9. The van der Waals surface area contributed by atoms with Crippen molar-refractivity contribution in [2.75, 3.05) is 40.9 Å². The Labute approximate surface area is 378 Å². The lowest BCUT2D eigenvalue weighted by atomic mass is 10.0. The Balaban J connectivity index is 4.22. The van der Waals surface area contributed by atoms with Crippen molar-refractivity contribution in [2.24, 2.45) is 0 Å². The van der Waals surface area contributed by atoms with Crippen molar-refractivity contribution < 1.29 is 32.9 Å². The van der Waals surface area contributed by atoms with Crippen LogP contribution in [0.25, 0.3) is 0 Å². The van der Waals surface area contributed by atoms with Crippen molar-refractivity contribution in [3.05, 3.63) is 36.5 Å². The van der Waals surface area contributed by atoms with Gasteiger partial charge in [-0.25, -0.2) is 0 Å². The summed E-state index contributed by atoms with van der Waals surface area (Å²) in [7, 11) is 1.24. The summed E-state index contributed by atoms with van der Waals surface area (Å²) in [6.07, 6.45) is 55.0. The highest BCUT2D eigenvalue weighted by Crippen LogP contribution is 2.38. The molecule has 0 aromatic carbocycles. The molecule has 0 aliphatic carbocycles. The third-order valence-corrected chi connectivity index (χ3v) is 12.5. The molecule has 3 unspecified atom stereocenters. The predicted octanol–water partition coefficient (Wildman–Crippen LogP) is 14.4. The number of carbonyl (C=O) groups excluding carboxylic acids is 1. The van der Waals surface area contributed by atoms with E-state index in [1.807, 2.05) is 27.2 Å². The minimum Gasteiger partial charge on any atom is -0.756 e. The van der Waals surface area contributed by atoms with Gasteiger partial charge in [0.25, 0.3) is 7.82 Å². The van der Waals surface area contributed by atoms with Crippen LogP contribution in [0, 0.1) is 0 Å². The van der Waals surface area contributed by atoms with E-state index in [1.165, 1.54) is 173 Å². The fraction of sp³-hybridized carbons (Fsp3) is 0.865. The first-order chi connectivity index (χ1) is 29.5. The molecule has 2 N–H and O–H groups in total. The third-order valence-electron chi connectivity index (χ3n) is 11.6. The fourth-order valence-electron chi connectivity index (χ4n) is 7.48. The molecule has 61 heavy (non-hydrogen) atoms. The highest BCUT2D eigenvalue weighted by Gasteiger charge is 2.23. The van der Waals surface area contributed by atoms with Crippen molar-refractivity contribution in [3.8, 4) is 0 Å². The van der Waals surface area contributed by atoms with Crippen LogP contribution in [0.15, 0.2) is 36.5 Å². The van der Waals surface area contributed by atoms with Crippen LogP contribution in [0.1, 0.15) is 239 Å². The number of likely N-dealkylation sites (N-methyl/N-ethyl adjacent to an activating group) is 1. The van der Waals surface area contributed by atoms with Gasteiger partial charge in [0.05, 0.1) is 39.9 Å². The monoisotopic (exact) mass is 881 g/mol. The van der Waals surface area contributed by atoms with Gasteiger partial charge < -0.3 is 28.8 Å². The van der Waals surface area contributed by atoms with Crippen molar-refractivity contribution >= 4 is 13.7 Å². The van der Waals surface area contributed by atoms with E-state index in [-0.39, 0.29) is 12.5 Å². The van der Waals surface area contributed by atoms with Crippen molar-refractivity contribution in [1.82, 2.24) is 5.32 Å². The number of aliphatic hydroxyl groups is 1. The Hall–Kier alpha value is -1.28. The van der Waals surface area contributed by atoms with Gasteiger partial charge in [-0.05, 0) is 44.9 Å². The molecular weight excluding hydrogens is 780 g/mol. The second-order valence-corrected chi connectivity index (χ2v) is 20.3. The number of carbonyl (C=O) groups is 1. The summed E-state index contributed by atoms with van der Waals surface area (Å²) in [5, 5.41) is 13.8. The smallest absolute Gasteiger partial charge is 0.268 e. The lowest BCUT2D eigenvalue weighted by molar-refractivity contribution is -0.870. The molecule has 0 aliphatic heterocycles. The van der Waals surface area contributed by atoms with Gasteiger partial charge in [-0.1, -0.05) is 224 Å². The minimum absolute atomic E-state index is 0.00774. The molecule has 0 saturated carbocycles. The molecule has 0 heterocycles. The lowest BCUT2D eigenvalue weighted by Crippen LogP contribution is -2.45. The van der Waals surface area contributed by atoms with Gasteiger partial charge in [0.1, 0.15) is 13.2 Å². The molecule has 0 spiro atoms. The number of amides is 1. The van der Waals surface area contributed by atoms with E-state index in [0.717, 1.165) is 44.9 Å². The van der Waals surface area contributed by atoms with Gasteiger partial charge in [-0.3, -0.25) is 9.36 Å². The average Bonchev–Trinajstić information content (AvgIpc) is 3.21. The first-order valence-corrected chi connectivity index (χ1v) is 27.3. The highest BCUT2D eigenvalue weighted by molar-refractivity contribution is 7.45. The van der Waals surface area contributed by atoms with E-state index in [2.05, 4.69) is 43.5 Å². The molecule has 0 aromatic rings. The summed E-state index contributed by atoms with van der Waals surface area (Å²) < 4.78 is 23.2. The molecule has 0 aromatic heterocycles. The normalized spacial score (nSPS) is 14.4. The summed E-state index contributed by atoms with van der Waals surface area (Å²) >= 11 is 0. The van der Waals surface area contributed by atoms with E-state index in [4.69, 9.17) is 9.05 Å². The van der Waals surface area contributed by atoms with Gasteiger partial charge in [-0.2, -0.15) is 0 Å². The van der Waals surface area contributed by atoms with Gasteiger partial charge in [0.2, 0.25) is 5.91 Å². The number of phosphoric ester groups is 1. The van der Waals surface area contributed by atoms with Crippen LogP contribution < -0.4 is 10.2 Å². The molecular formula is C52H101N2O6P. The Morgan fingerprint density at radius 1 is 0.557 bits per heavy atom. The first kappa shape index (κ1) is 59.7. The van der Waals surface area contributed by atoms with Crippen LogP contribution in [0.3, 0.4) is 0 Å². The number of nitrogens with one attached hydrogen (secondary N) is 1. The molecule has 9 heteroatoms. The topological polar surface area (TPSA) is 108 Å². The molecule has 3 atom stereocenters. The van der Waals surface area contributed by atoms with Gasteiger partial charge >= 0.3 is 0 Å². The molecule has 1 amide bonds. The predicted molar refractivity (Wildman–Crippen MR) is 261 cm³/mol. The Kier molecular flexibility index (Phi) is 43.0. The standard InChI is InChI=1S/C52H101N2O6P/c1-6-8-10-12-14-16-18-20-22-23-24-25-26-27-28-29-30-31-32-34-36-38-40-42-44-46-52(56)53-50(49-60-61(57,58)59-48-47-54(3,4)5)51(55)45-43-41-39-37-35-33-21-19-17-15-13-11-9-7-2/h17,19,35,37,43,45,50-51,55H,6-16,18,20-34,36,38-42,44,46-49H2,1-5H3,(H-,53,56,57,58)/b19-17+,37-35+,45-43+. The second-order valence-electron chi connectivity index (χ2n) is 18.9. The number of aliphatic hydroxyl groups excluding tert-OH is 1. The van der Waals surface area contributed by atoms with Crippen LogP contribution >= 0.6 is 7.82 Å². The SMILES string of the molecule is CCCCCC/C=C/CC/C=C/CC/C=C/C(O)C(COP(=O)([O-])OCC[N+](C)(C)C)NC(=O)CCCCCCCCCCCCCCCCCCCCCCCCCCC. The molecule has 0 rings (SSSR count). The lowest BCUT2D eigenvalue weighted by Gasteiger charge is -2.29. The molecule has 0 radical (unpaired) electrons. The average molecular weight is 881 g/mol. The number of allylic oxidation sites excluding steroid dienone is 5. The summed E-state index contributed by atoms with van der Waals surface area (Å²) in [6, 6.07) is -0.906. The third kappa shape index (κ3) is 46.5. The molecule has 0 saturated heterocycles. The molecule has 0 aliphatic rings. The van der Waals surface area contributed by atoms with E-state index < -0.39 is 26.6 Å². The zero-order valence-electron chi connectivity index (χ0n) is 40.9. The summed E-state index contributed by atoms with van der Waals surface area (Å²) in [5.74, 6) is -0.209. The largest absolute Gasteiger partial charge is 0.756 e. The van der Waals surface area contributed by atoms with Crippen molar-refractivity contribution in [1.29, 1.82) is 0 Å². The zero-order chi connectivity index (χ0) is 45.0. The maximum Gasteiger partial charge on any atom is 0.268 e. The quantitative estimate of drug-likeness (QED) is 0.0273. The van der Waals surface area contributed by atoms with Crippen LogP contribution in [-0.4, -0.2) is 68.5 Å². The van der Waals surface area contributed by atoms with Crippen molar-refractivity contribution in [2.45, 2.75) is 251 Å². The number of phosphoric acid groups is 1. The van der Waals surface area contributed by atoms with E-state index in [0.29, 0.717) is 17.4 Å². The minimum atomic E-state index is -4.60. The number of hydrogen-bond acceptors (Lipinski definition) is 6. The van der Waals surface area contributed by atoms with Crippen molar-refractivity contribution in [3.63, 3.8) is 0 Å². The number of hydrogen-bond donors (Lipinski definition) is 2. The maximum absolute atomic E-state index is 12.9. The van der Waals surface area contributed by atoms with E-state index >= 15 is 0 Å². The van der Waals surface area contributed by atoms with Crippen LogP contribution in [0.4, 0.5) is 0 Å². The van der Waals surface area contributed by atoms with Gasteiger partial charge in [0, 0.05) is 6.42 Å². The van der Waals surface area contributed by atoms with Crippen LogP contribution in [-0.2, 0) is 18.4 Å². The van der Waals surface area contributed by atoms with E-state index in [1.54, 1.807) is 6.08 Å². The van der Waals surface area contributed by atoms with E-state index in [9.17, 15) is 19.4 Å². The number of quaternary nitrogens is 1. The summed E-state index contributed by atoms with van der Waals surface area (Å²) in [6.45, 7) is 4.61. The number of nitrogens with zero attached hydrogens (tertiary/aromatic N) is 1. The number of rotatable bonds is 47. The zero-order valence-corrected chi connectivity index (χ0v) is 41.8. The highest BCUT2D eigenvalue weighted by atomic mass is 31.2. The molecule has 0 bridgehead atoms. The summed E-state index contributed by atoms with van der Waals surface area (Å²) in [5.41, 5.74) is 0. The Morgan fingerprint density at radius 2 is 0.918 bits per heavy atom. The maximum atomic E-state index is 12.9. The Bertz CT molecular complexity index is 1090. The number of unbranched alkanes of at least 4 members (excludes halogenated alkanes) is 30. The second kappa shape index (κ2) is 43.9. The van der Waals surface area contributed by atoms with Crippen LogP contribution in [0.2, 0.25) is 0 Å². The van der Waals surface area contributed by atoms with Gasteiger partial charge in [0.15, 0.2) is 0 Å². The fourth-order valence-corrected chi connectivity index (χ4v) is 8.20. The van der Waals surface area contributed by atoms with Crippen LogP contribution in [0.5, 0.6) is 0 Å². The summed E-state index contributed by atoms with van der Waals surface area (Å²) in [4.78, 5) is 25.4. The Morgan fingerprint density at radius 3 is 1.33 bits per heavy atom. The van der Waals surface area contributed by atoms with Gasteiger partial charge in [-0.15, -0.1) is 0 Å². The molecule has 0 fully saturated rings.